The fourth-order valence-corrected chi connectivity index (χ4v) is 2.97. The molecular formula is C20H16Cl2F3N5O5. The highest BCUT2D eigenvalue weighted by Gasteiger charge is 2.38. The number of aromatic nitrogens is 1. The maximum Gasteiger partial charge on any atom is 0.414 e. The lowest BCUT2D eigenvalue weighted by atomic mass is 10.3. The molecule has 15 heteroatoms. The van der Waals surface area contributed by atoms with E-state index in [1.807, 2.05) is 0 Å². The van der Waals surface area contributed by atoms with Gasteiger partial charge in [0.05, 0.1) is 28.5 Å². The van der Waals surface area contributed by atoms with Crippen LogP contribution in [0.5, 0.6) is 11.5 Å². The highest BCUT2D eigenvalue weighted by molar-refractivity contribution is 6.47. The molecule has 1 aromatic carbocycles. The molecule has 0 saturated heterocycles. The van der Waals surface area contributed by atoms with Gasteiger partial charge in [-0.25, -0.2) is 4.79 Å². The van der Waals surface area contributed by atoms with Crippen molar-refractivity contribution in [3.05, 3.63) is 50.9 Å². The first kappa shape index (κ1) is 27.5. The Balaban J connectivity index is 2.24. The Morgan fingerprint density at radius 2 is 1.89 bits per heavy atom. The molecule has 0 fully saturated rings. The second-order valence-corrected chi connectivity index (χ2v) is 7.37. The Kier molecular flexibility index (Phi) is 9.10. The van der Waals surface area contributed by atoms with Crippen LogP contribution in [-0.2, 0) is 9.53 Å². The summed E-state index contributed by atoms with van der Waals surface area (Å²) in [6, 6.07) is 3.90. The zero-order valence-corrected chi connectivity index (χ0v) is 19.5. The molecule has 2 N–H and O–H groups in total. The van der Waals surface area contributed by atoms with Crippen LogP contribution in [0.3, 0.4) is 0 Å². The molecule has 186 valence electrons. The lowest BCUT2D eigenvalue weighted by molar-refractivity contribution is -0.163. The summed E-state index contributed by atoms with van der Waals surface area (Å²) in [7, 11) is 0. The van der Waals surface area contributed by atoms with Crippen molar-refractivity contribution in [1.29, 1.82) is 5.26 Å². The normalized spacial score (nSPS) is 12.3. The number of anilines is 1. The van der Waals surface area contributed by atoms with Crippen LogP contribution in [0.2, 0.25) is 10.0 Å². The standard InChI is InChI=1S/C20H16Cl2F3N5O5/c1-3-34-19(33)27-18(32)15(8-26)29-28-11-6-13(21)17(14(22)7-11)35-12-4-5-16(31)30(9-12)10(2)20(23,24)25/h4-7,9-10,28H,3H2,1-2H3,(H,27,32,33). The highest BCUT2D eigenvalue weighted by Crippen LogP contribution is 2.39. The van der Waals surface area contributed by atoms with E-state index in [4.69, 9.17) is 33.2 Å². The maximum absolute atomic E-state index is 13.0. The monoisotopic (exact) mass is 533 g/mol. The van der Waals surface area contributed by atoms with E-state index in [1.54, 1.807) is 5.32 Å². The van der Waals surface area contributed by atoms with Crippen molar-refractivity contribution in [3.63, 3.8) is 0 Å². The summed E-state index contributed by atoms with van der Waals surface area (Å²) >= 11 is 12.3. The van der Waals surface area contributed by atoms with Gasteiger partial charge in [0.2, 0.25) is 5.71 Å². The third-order valence-electron chi connectivity index (χ3n) is 4.13. The lowest BCUT2D eigenvalue weighted by Gasteiger charge is -2.19. The molecule has 0 bridgehead atoms. The van der Waals surface area contributed by atoms with Crippen molar-refractivity contribution < 1.29 is 32.2 Å². The number of amides is 2. The van der Waals surface area contributed by atoms with E-state index in [2.05, 4.69) is 15.3 Å². The molecule has 10 nitrogen and oxygen atoms in total. The molecule has 0 aliphatic rings. The van der Waals surface area contributed by atoms with Crippen LogP contribution < -0.4 is 21.0 Å². The fourth-order valence-electron chi connectivity index (χ4n) is 2.41. The first-order valence-electron chi connectivity index (χ1n) is 9.55. The number of halogens is 5. The topological polar surface area (TPSA) is 135 Å². The number of hydrazone groups is 1. The molecule has 1 atom stereocenters. The Labute approximate surface area is 205 Å². The number of carbonyl (C=O) groups is 2. The Morgan fingerprint density at radius 1 is 1.26 bits per heavy atom. The number of nitrogens with zero attached hydrogens (tertiary/aromatic N) is 3. The number of alkyl carbamates (subject to hydrolysis) is 1. The summed E-state index contributed by atoms with van der Waals surface area (Å²) in [5.41, 5.74) is 0.850. The van der Waals surface area contributed by atoms with Gasteiger partial charge < -0.3 is 9.47 Å². The summed E-state index contributed by atoms with van der Waals surface area (Å²) in [5.74, 6) is -1.42. The average Bonchev–Trinajstić information content (AvgIpc) is 2.76. The quantitative estimate of drug-likeness (QED) is 0.391. The van der Waals surface area contributed by atoms with Gasteiger partial charge in [-0.1, -0.05) is 23.2 Å². The molecule has 0 radical (unpaired) electrons. The predicted molar refractivity (Wildman–Crippen MR) is 120 cm³/mol. The van der Waals surface area contributed by atoms with Gasteiger partial charge in [0.25, 0.3) is 11.5 Å². The third kappa shape index (κ3) is 7.36. The van der Waals surface area contributed by atoms with Crippen molar-refractivity contribution in [2.75, 3.05) is 12.0 Å². The molecule has 2 aromatic rings. The second kappa shape index (κ2) is 11.6. The molecule has 1 aromatic heterocycles. The van der Waals surface area contributed by atoms with E-state index in [0.717, 1.165) is 25.3 Å². The second-order valence-electron chi connectivity index (χ2n) is 6.56. The predicted octanol–water partition coefficient (Wildman–Crippen LogP) is 4.63. The lowest BCUT2D eigenvalue weighted by Crippen LogP contribution is -2.36. The molecule has 2 amide bonds. The van der Waals surface area contributed by atoms with Gasteiger partial charge in [-0.15, -0.1) is 0 Å². The molecule has 0 saturated carbocycles. The van der Waals surface area contributed by atoms with Crippen LogP contribution in [0, 0.1) is 11.3 Å². The van der Waals surface area contributed by atoms with E-state index in [-0.39, 0.29) is 33.8 Å². The minimum absolute atomic E-state index is 0.00417. The Morgan fingerprint density at radius 3 is 2.43 bits per heavy atom. The van der Waals surface area contributed by atoms with Crippen LogP contribution in [0.15, 0.2) is 40.4 Å². The van der Waals surface area contributed by atoms with Gasteiger partial charge in [-0.05, 0) is 32.0 Å². The summed E-state index contributed by atoms with van der Waals surface area (Å²) in [6.07, 6.45) is -4.87. The van der Waals surface area contributed by atoms with Gasteiger partial charge in [0.1, 0.15) is 17.9 Å². The van der Waals surface area contributed by atoms with Crippen LogP contribution in [0.25, 0.3) is 0 Å². The molecule has 0 spiro atoms. The van der Waals surface area contributed by atoms with Gasteiger partial charge in [0, 0.05) is 6.07 Å². The number of rotatable bonds is 7. The van der Waals surface area contributed by atoms with Crippen molar-refractivity contribution in [3.8, 4) is 17.6 Å². The summed E-state index contributed by atoms with van der Waals surface area (Å²) in [6.45, 7) is 2.34. The molecule has 1 unspecified atom stereocenters. The number of nitrogens with one attached hydrogen (secondary N) is 2. The minimum atomic E-state index is -4.67. The number of nitriles is 1. The van der Waals surface area contributed by atoms with E-state index in [1.165, 1.54) is 25.1 Å². The molecule has 35 heavy (non-hydrogen) atoms. The number of alkyl halides is 3. The van der Waals surface area contributed by atoms with E-state index in [0.29, 0.717) is 4.57 Å². The molecule has 1 heterocycles. The van der Waals surface area contributed by atoms with Crippen LogP contribution in [-0.4, -0.2) is 35.1 Å². The summed E-state index contributed by atoms with van der Waals surface area (Å²) in [5, 5.41) is 14.2. The number of hydrogen-bond acceptors (Lipinski definition) is 8. The number of benzene rings is 1. The SMILES string of the molecule is CCOC(=O)NC(=O)C(C#N)=NNc1cc(Cl)c(Oc2ccc(=O)n(C(C)C(F)(F)F)c2)c(Cl)c1. The van der Waals surface area contributed by atoms with Gasteiger partial charge in [0.15, 0.2) is 5.75 Å². The fraction of sp³-hybridized carbons (Fsp3) is 0.250. The largest absolute Gasteiger partial charge is 0.453 e. The number of hydrogen-bond donors (Lipinski definition) is 2. The van der Waals surface area contributed by atoms with E-state index in [9.17, 15) is 27.6 Å². The first-order chi connectivity index (χ1) is 16.4. The number of ether oxygens (including phenoxy) is 2. The van der Waals surface area contributed by atoms with E-state index < -0.39 is 35.5 Å². The van der Waals surface area contributed by atoms with Crippen LogP contribution in [0.1, 0.15) is 19.9 Å². The number of imide groups is 1. The van der Waals surface area contributed by atoms with Crippen LogP contribution in [0.4, 0.5) is 23.7 Å². The van der Waals surface area contributed by atoms with Crippen molar-refractivity contribution in [2.45, 2.75) is 26.1 Å². The minimum Gasteiger partial charge on any atom is -0.453 e. The summed E-state index contributed by atoms with van der Waals surface area (Å²) in [4.78, 5) is 35.0. The van der Waals surface area contributed by atoms with Crippen molar-refractivity contribution >= 4 is 46.6 Å². The first-order valence-corrected chi connectivity index (χ1v) is 10.3. The van der Waals surface area contributed by atoms with Gasteiger partial charge in [-0.3, -0.25) is 24.9 Å². The number of pyridine rings is 1. The highest BCUT2D eigenvalue weighted by atomic mass is 35.5. The van der Waals surface area contributed by atoms with E-state index >= 15 is 0 Å². The van der Waals surface area contributed by atoms with Crippen molar-refractivity contribution in [1.82, 2.24) is 9.88 Å². The Bertz CT molecular complexity index is 1230. The van der Waals surface area contributed by atoms with Crippen molar-refractivity contribution in [2.24, 2.45) is 5.10 Å². The molecule has 2 rings (SSSR count). The smallest absolute Gasteiger partial charge is 0.414 e. The molecule has 0 aliphatic heterocycles. The van der Waals surface area contributed by atoms with Gasteiger partial charge in [-0.2, -0.15) is 23.5 Å². The summed E-state index contributed by atoms with van der Waals surface area (Å²) < 4.78 is 49.5. The van der Waals surface area contributed by atoms with Crippen LogP contribution >= 0.6 is 23.2 Å². The number of carbonyl (C=O) groups excluding carboxylic acids is 2. The van der Waals surface area contributed by atoms with Gasteiger partial charge >= 0.3 is 12.3 Å². The third-order valence-corrected chi connectivity index (χ3v) is 4.69. The zero-order chi connectivity index (χ0) is 26.3. The molecule has 0 aliphatic carbocycles. The Hall–Kier alpha value is -3.76. The maximum atomic E-state index is 13.0. The molecular weight excluding hydrogens is 518 g/mol. The average molecular weight is 534 g/mol. The zero-order valence-electron chi connectivity index (χ0n) is 17.9.